The second-order valence-electron chi connectivity index (χ2n) is 7.12. The molecule has 4 rings (SSSR count). The van der Waals surface area contributed by atoms with Crippen LogP contribution in [0.3, 0.4) is 0 Å². The quantitative estimate of drug-likeness (QED) is 0.479. The fraction of sp³-hybridized carbons (Fsp3) is 0.238. The molecule has 0 aliphatic heterocycles. The number of imidazole rings is 1. The first-order chi connectivity index (χ1) is 14.5. The summed E-state index contributed by atoms with van der Waals surface area (Å²) in [4.78, 5) is 20.3. The van der Waals surface area contributed by atoms with Crippen LogP contribution in [0.1, 0.15) is 12.1 Å². The summed E-state index contributed by atoms with van der Waals surface area (Å²) in [5.74, 6) is 0.292. The molecule has 0 saturated carbocycles. The standard InChI is InChI=1S/C21H23N7O2/c1-14-10-27(12-23-14)19-7-6-17(9-18(19)22)25-21-24-13-28(26-21)11-15-4-3-5-16(8-15)20(29)30-2/h3,5-10,12-13,15H,4,11,22H2,1-2H3,(H,25,26). The molecule has 1 aromatic carbocycles. The molecule has 0 fully saturated rings. The summed E-state index contributed by atoms with van der Waals surface area (Å²) in [6, 6.07) is 5.67. The van der Waals surface area contributed by atoms with E-state index in [0.717, 1.165) is 23.5 Å². The second-order valence-corrected chi connectivity index (χ2v) is 7.12. The molecule has 0 saturated heterocycles. The van der Waals surface area contributed by atoms with E-state index in [1.807, 2.05) is 48.0 Å². The Balaban J connectivity index is 1.42. The number of allylic oxidation sites excluding steroid dienone is 2. The highest BCUT2D eigenvalue weighted by Gasteiger charge is 2.16. The fourth-order valence-electron chi connectivity index (χ4n) is 3.36. The van der Waals surface area contributed by atoms with Crippen molar-refractivity contribution in [3.63, 3.8) is 0 Å². The van der Waals surface area contributed by atoms with Gasteiger partial charge >= 0.3 is 5.97 Å². The minimum absolute atomic E-state index is 0.146. The molecule has 1 atom stereocenters. The van der Waals surface area contributed by atoms with Gasteiger partial charge in [0, 0.05) is 24.3 Å². The summed E-state index contributed by atoms with van der Waals surface area (Å²) in [6.45, 7) is 2.54. The number of nitrogen functional groups attached to an aromatic ring is 1. The van der Waals surface area contributed by atoms with Crippen molar-refractivity contribution in [2.75, 3.05) is 18.2 Å². The van der Waals surface area contributed by atoms with Crippen molar-refractivity contribution in [1.82, 2.24) is 24.3 Å². The summed E-state index contributed by atoms with van der Waals surface area (Å²) >= 11 is 0. The molecule has 2 heterocycles. The lowest BCUT2D eigenvalue weighted by Crippen LogP contribution is -2.14. The average Bonchev–Trinajstić information content (AvgIpc) is 3.36. The molecule has 30 heavy (non-hydrogen) atoms. The molecule has 0 amide bonds. The molecular weight excluding hydrogens is 382 g/mol. The second kappa shape index (κ2) is 8.24. The van der Waals surface area contributed by atoms with E-state index in [1.54, 1.807) is 23.4 Å². The molecule has 3 aromatic rings. The number of aryl methyl sites for hydroxylation is 1. The van der Waals surface area contributed by atoms with Gasteiger partial charge in [0.15, 0.2) is 0 Å². The number of methoxy groups -OCH3 is 1. The zero-order chi connectivity index (χ0) is 21.1. The van der Waals surface area contributed by atoms with Crippen molar-refractivity contribution < 1.29 is 9.53 Å². The first-order valence-corrected chi connectivity index (χ1v) is 9.55. The molecule has 0 bridgehead atoms. The number of esters is 1. The lowest BCUT2D eigenvalue weighted by molar-refractivity contribution is -0.135. The van der Waals surface area contributed by atoms with Crippen LogP contribution in [0.15, 0.2) is 60.9 Å². The Morgan fingerprint density at radius 2 is 2.20 bits per heavy atom. The Kier molecular flexibility index (Phi) is 5.34. The predicted octanol–water partition coefficient (Wildman–Crippen LogP) is 2.77. The maximum Gasteiger partial charge on any atom is 0.337 e. The van der Waals surface area contributed by atoms with Crippen molar-refractivity contribution in [3.8, 4) is 5.69 Å². The lowest BCUT2D eigenvalue weighted by Gasteiger charge is -2.15. The molecule has 9 heteroatoms. The predicted molar refractivity (Wildman–Crippen MR) is 113 cm³/mol. The van der Waals surface area contributed by atoms with Gasteiger partial charge < -0.3 is 20.4 Å². The number of carbonyl (C=O) groups is 1. The van der Waals surface area contributed by atoms with Crippen LogP contribution in [-0.2, 0) is 16.1 Å². The number of hydrogen-bond acceptors (Lipinski definition) is 7. The zero-order valence-corrected chi connectivity index (χ0v) is 16.8. The lowest BCUT2D eigenvalue weighted by atomic mass is 9.96. The molecule has 2 aromatic heterocycles. The monoisotopic (exact) mass is 405 g/mol. The maximum atomic E-state index is 11.7. The highest BCUT2D eigenvalue weighted by molar-refractivity contribution is 5.91. The summed E-state index contributed by atoms with van der Waals surface area (Å²) in [6.07, 6.45) is 11.8. The summed E-state index contributed by atoms with van der Waals surface area (Å²) in [5.41, 5.74) is 9.97. The maximum absolute atomic E-state index is 11.7. The number of hydrogen-bond donors (Lipinski definition) is 2. The number of nitrogens with two attached hydrogens (primary N) is 1. The normalized spacial score (nSPS) is 15.7. The number of nitrogens with zero attached hydrogens (tertiary/aromatic N) is 5. The van der Waals surface area contributed by atoms with Gasteiger partial charge in [-0.25, -0.2) is 14.8 Å². The number of carbonyl (C=O) groups excluding carboxylic acids is 1. The van der Waals surface area contributed by atoms with Gasteiger partial charge in [-0.15, -0.1) is 5.10 Å². The minimum atomic E-state index is -0.330. The Labute approximate surface area is 173 Å². The first kappa shape index (κ1) is 19.4. The van der Waals surface area contributed by atoms with Gasteiger partial charge in [-0.3, -0.25) is 4.68 Å². The summed E-state index contributed by atoms with van der Waals surface area (Å²) < 4.78 is 8.43. The third kappa shape index (κ3) is 4.24. The van der Waals surface area contributed by atoms with Gasteiger partial charge in [-0.2, -0.15) is 0 Å². The first-order valence-electron chi connectivity index (χ1n) is 9.55. The van der Waals surface area contributed by atoms with E-state index in [1.165, 1.54) is 7.11 Å². The van der Waals surface area contributed by atoms with Gasteiger partial charge in [0.1, 0.15) is 6.33 Å². The summed E-state index contributed by atoms with van der Waals surface area (Å²) in [7, 11) is 1.38. The molecule has 0 radical (unpaired) electrons. The van der Waals surface area contributed by atoms with Crippen LogP contribution in [0.5, 0.6) is 0 Å². The fourth-order valence-corrected chi connectivity index (χ4v) is 3.36. The molecule has 154 valence electrons. The topological polar surface area (TPSA) is 113 Å². The molecule has 1 aliphatic rings. The van der Waals surface area contributed by atoms with E-state index in [9.17, 15) is 4.79 Å². The molecule has 0 spiro atoms. The largest absolute Gasteiger partial charge is 0.465 e. The van der Waals surface area contributed by atoms with E-state index in [2.05, 4.69) is 20.4 Å². The van der Waals surface area contributed by atoms with Crippen LogP contribution in [0.4, 0.5) is 17.3 Å². The van der Waals surface area contributed by atoms with Crippen LogP contribution in [0, 0.1) is 12.8 Å². The van der Waals surface area contributed by atoms with E-state index < -0.39 is 0 Å². The number of rotatable bonds is 6. The molecule has 1 unspecified atom stereocenters. The average molecular weight is 405 g/mol. The van der Waals surface area contributed by atoms with Gasteiger partial charge in [0.25, 0.3) is 0 Å². The summed E-state index contributed by atoms with van der Waals surface area (Å²) in [5, 5.41) is 7.64. The van der Waals surface area contributed by atoms with Crippen molar-refractivity contribution >= 4 is 23.3 Å². The van der Waals surface area contributed by atoms with E-state index in [0.29, 0.717) is 23.8 Å². The SMILES string of the molecule is COC(=O)C1=CC(Cn2cnc(Nc3ccc(-n4cnc(C)c4)c(N)c3)n2)CC=C1. The van der Waals surface area contributed by atoms with E-state index >= 15 is 0 Å². The van der Waals surface area contributed by atoms with E-state index in [-0.39, 0.29) is 11.9 Å². The zero-order valence-electron chi connectivity index (χ0n) is 16.8. The molecular formula is C21H23N7O2. The Morgan fingerprint density at radius 1 is 1.33 bits per heavy atom. The van der Waals surface area contributed by atoms with Crippen LogP contribution < -0.4 is 11.1 Å². The molecule has 3 N–H and O–H groups in total. The Morgan fingerprint density at radius 3 is 2.93 bits per heavy atom. The van der Waals surface area contributed by atoms with Crippen LogP contribution >= 0.6 is 0 Å². The van der Waals surface area contributed by atoms with Crippen molar-refractivity contribution in [2.24, 2.45) is 5.92 Å². The highest BCUT2D eigenvalue weighted by Crippen LogP contribution is 2.24. The van der Waals surface area contributed by atoms with Gasteiger partial charge in [0.2, 0.25) is 5.95 Å². The van der Waals surface area contributed by atoms with Gasteiger partial charge in [0.05, 0.1) is 36.1 Å². The third-order valence-electron chi connectivity index (χ3n) is 4.80. The van der Waals surface area contributed by atoms with Crippen molar-refractivity contribution in [3.05, 3.63) is 66.5 Å². The number of ether oxygens (including phenoxy) is 1. The van der Waals surface area contributed by atoms with Crippen LogP contribution in [0.25, 0.3) is 5.69 Å². The minimum Gasteiger partial charge on any atom is -0.465 e. The van der Waals surface area contributed by atoms with Crippen LogP contribution in [-0.4, -0.2) is 37.4 Å². The Bertz CT molecular complexity index is 1130. The van der Waals surface area contributed by atoms with Gasteiger partial charge in [-0.05, 0) is 31.5 Å². The highest BCUT2D eigenvalue weighted by atomic mass is 16.5. The third-order valence-corrected chi connectivity index (χ3v) is 4.80. The Hall–Kier alpha value is -3.88. The number of benzene rings is 1. The number of nitrogens with one attached hydrogen (secondary N) is 1. The smallest absolute Gasteiger partial charge is 0.337 e. The van der Waals surface area contributed by atoms with Crippen LogP contribution in [0.2, 0.25) is 0 Å². The molecule has 1 aliphatic carbocycles. The van der Waals surface area contributed by atoms with Crippen molar-refractivity contribution in [2.45, 2.75) is 19.9 Å². The molecule has 9 nitrogen and oxygen atoms in total. The van der Waals surface area contributed by atoms with Gasteiger partial charge in [-0.1, -0.05) is 18.2 Å². The number of aromatic nitrogens is 5. The number of anilines is 3. The van der Waals surface area contributed by atoms with E-state index in [4.69, 9.17) is 10.5 Å². The van der Waals surface area contributed by atoms with Crippen molar-refractivity contribution in [1.29, 1.82) is 0 Å².